The minimum atomic E-state index is -0.893. The molecular formula is C31H32N2O4. The fourth-order valence-corrected chi connectivity index (χ4v) is 4.21. The van der Waals surface area contributed by atoms with E-state index < -0.39 is 5.54 Å². The van der Waals surface area contributed by atoms with Crippen LogP contribution in [-0.2, 0) is 6.42 Å². The molecule has 1 aromatic heterocycles. The van der Waals surface area contributed by atoms with Crippen molar-refractivity contribution in [2.75, 3.05) is 13.7 Å². The zero-order valence-corrected chi connectivity index (χ0v) is 21.6. The maximum absolute atomic E-state index is 13.6. The summed E-state index contributed by atoms with van der Waals surface area (Å²) in [6.07, 6.45) is 2.26. The van der Waals surface area contributed by atoms with Gasteiger partial charge >= 0.3 is 0 Å². The molecule has 4 aromatic rings. The first kappa shape index (κ1) is 25.9. The van der Waals surface area contributed by atoms with Crippen molar-refractivity contribution in [2.45, 2.75) is 38.8 Å². The summed E-state index contributed by atoms with van der Waals surface area (Å²) in [5.41, 5.74) is 2.91. The van der Waals surface area contributed by atoms with Crippen LogP contribution in [0.5, 0.6) is 11.5 Å². The van der Waals surface area contributed by atoms with Gasteiger partial charge in [-0.3, -0.25) is 4.79 Å². The molecule has 0 bridgehead atoms. The quantitative estimate of drug-likeness (QED) is 0.297. The summed E-state index contributed by atoms with van der Waals surface area (Å²) >= 11 is 0. The Morgan fingerprint density at radius 1 is 1.05 bits per heavy atom. The maximum Gasteiger partial charge on any atom is 0.255 e. The second kappa shape index (κ2) is 11.2. The molecule has 0 spiro atoms. The Hall–Kier alpha value is -4.21. The van der Waals surface area contributed by atoms with E-state index in [1.807, 2.05) is 81.6 Å². The van der Waals surface area contributed by atoms with Crippen molar-refractivity contribution < 1.29 is 19.4 Å². The fraction of sp³-hybridized carbons (Fsp3) is 0.258. The predicted octanol–water partition coefficient (Wildman–Crippen LogP) is 5.09. The first-order chi connectivity index (χ1) is 17.8. The number of H-pyrrole nitrogens is 1. The lowest BCUT2D eigenvalue weighted by molar-refractivity contribution is 0.0846. The van der Waals surface area contributed by atoms with Crippen molar-refractivity contribution in [1.29, 1.82) is 0 Å². The minimum Gasteiger partial charge on any atom is -0.495 e. The number of aromatic amines is 1. The Labute approximate surface area is 217 Å². The SMILES string of the molecule is COc1ccccc1C#Cc1ccc(OC(C)C)c(C(=O)NC(C)(CO)Cc2c[nH]c3ccccc23)c1. The topological polar surface area (TPSA) is 83.6 Å². The summed E-state index contributed by atoms with van der Waals surface area (Å²) < 4.78 is 11.3. The van der Waals surface area contributed by atoms with Gasteiger partial charge in [-0.25, -0.2) is 0 Å². The van der Waals surface area contributed by atoms with Gasteiger partial charge in [-0.2, -0.15) is 0 Å². The van der Waals surface area contributed by atoms with Crippen LogP contribution in [-0.4, -0.2) is 41.4 Å². The summed E-state index contributed by atoms with van der Waals surface area (Å²) in [4.78, 5) is 16.8. The molecule has 3 aromatic carbocycles. The lowest BCUT2D eigenvalue weighted by Crippen LogP contribution is -2.50. The van der Waals surface area contributed by atoms with Gasteiger partial charge in [0.05, 0.1) is 36.5 Å². The number of benzene rings is 3. The third-order valence-corrected chi connectivity index (χ3v) is 6.06. The van der Waals surface area contributed by atoms with Gasteiger partial charge in [-0.15, -0.1) is 0 Å². The first-order valence-electron chi connectivity index (χ1n) is 12.3. The molecule has 6 heteroatoms. The van der Waals surface area contributed by atoms with Gasteiger partial charge in [-0.05, 0) is 69.2 Å². The molecule has 4 rings (SSSR count). The molecule has 190 valence electrons. The van der Waals surface area contributed by atoms with Crippen LogP contribution in [0.3, 0.4) is 0 Å². The van der Waals surface area contributed by atoms with Gasteiger partial charge in [0.2, 0.25) is 0 Å². The van der Waals surface area contributed by atoms with E-state index in [1.165, 1.54) is 0 Å². The van der Waals surface area contributed by atoms with Crippen molar-refractivity contribution in [3.05, 3.63) is 95.2 Å². The third-order valence-electron chi connectivity index (χ3n) is 6.06. The van der Waals surface area contributed by atoms with Crippen LogP contribution in [0.15, 0.2) is 72.9 Å². The molecule has 1 amide bonds. The van der Waals surface area contributed by atoms with Crippen molar-refractivity contribution in [1.82, 2.24) is 10.3 Å². The van der Waals surface area contributed by atoms with Crippen LogP contribution in [0.4, 0.5) is 0 Å². The van der Waals surface area contributed by atoms with Crippen molar-refractivity contribution in [3.8, 4) is 23.3 Å². The smallest absolute Gasteiger partial charge is 0.255 e. The Morgan fingerprint density at radius 2 is 1.81 bits per heavy atom. The van der Waals surface area contributed by atoms with Crippen molar-refractivity contribution in [2.24, 2.45) is 0 Å². The third kappa shape index (κ3) is 6.14. The minimum absolute atomic E-state index is 0.118. The van der Waals surface area contributed by atoms with Gasteiger partial charge in [0, 0.05) is 22.7 Å². The molecule has 37 heavy (non-hydrogen) atoms. The van der Waals surface area contributed by atoms with E-state index in [2.05, 4.69) is 22.1 Å². The molecule has 1 heterocycles. The van der Waals surface area contributed by atoms with E-state index in [0.29, 0.717) is 29.0 Å². The number of rotatable bonds is 8. The number of para-hydroxylation sites is 2. The Bertz CT molecular complexity index is 1460. The average molecular weight is 497 g/mol. The monoisotopic (exact) mass is 496 g/mol. The number of aromatic nitrogens is 1. The van der Waals surface area contributed by atoms with Crippen LogP contribution >= 0.6 is 0 Å². The molecule has 0 saturated heterocycles. The van der Waals surface area contributed by atoms with Gasteiger partial charge in [-0.1, -0.05) is 42.2 Å². The number of nitrogens with one attached hydrogen (secondary N) is 2. The van der Waals surface area contributed by atoms with E-state index in [9.17, 15) is 9.90 Å². The standard InChI is InChI=1S/C31H32N2O4/c1-21(2)37-29-16-14-22(13-15-23-9-5-8-12-28(23)36-4)17-26(29)30(35)33-31(3,20-34)18-24-19-32-27-11-7-6-10-25(24)27/h5-12,14,16-17,19,21,32,34H,18,20H2,1-4H3,(H,33,35). The summed E-state index contributed by atoms with van der Waals surface area (Å²) in [6, 6.07) is 20.8. The molecule has 3 N–H and O–H groups in total. The van der Waals surface area contributed by atoms with Gasteiger partial charge in [0.15, 0.2) is 0 Å². The Balaban J connectivity index is 1.63. The number of fused-ring (bicyclic) bond motifs is 1. The van der Waals surface area contributed by atoms with Crippen molar-refractivity contribution >= 4 is 16.8 Å². The summed E-state index contributed by atoms with van der Waals surface area (Å²) in [5.74, 6) is 7.05. The lowest BCUT2D eigenvalue weighted by Gasteiger charge is -2.29. The summed E-state index contributed by atoms with van der Waals surface area (Å²) in [6.45, 7) is 5.42. The molecule has 0 aliphatic heterocycles. The average Bonchev–Trinajstić information content (AvgIpc) is 3.30. The Kier molecular flexibility index (Phi) is 7.86. The molecule has 0 radical (unpaired) electrons. The van der Waals surface area contributed by atoms with Gasteiger partial charge in [0.25, 0.3) is 5.91 Å². The zero-order valence-electron chi connectivity index (χ0n) is 21.6. The highest BCUT2D eigenvalue weighted by Crippen LogP contribution is 2.26. The molecule has 0 fully saturated rings. The van der Waals surface area contributed by atoms with Gasteiger partial charge < -0.3 is 24.9 Å². The van der Waals surface area contributed by atoms with Crippen LogP contribution in [0.1, 0.15) is 47.8 Å². The predicted molar refractivity (Wildman–Crippen MR) is 146 cm³/mol. The molecule has 6 nitrogen and oxygen atoms in total. The molecule has 0 aliphatic rings. The highest BCUT2D eigenvalue weighted by Gasteiger charge is 2.29. The molecule has 1 unspecified atom stereocenters. The van der Waals surface area contributed by atoms with Crippen LogP contribution in [0.25, 0.3) is 10.9 Å². The molecular weight excluding hydrogens is 464 g/mol. The normalized spacial score (nSPS) is 12.5. The first-order valence-corrected chi connectivity index (χ1v) is 12.3. The summed E-state index contributed by atoms with van der Waals surface area (Å²) in [7, 11) is 1.61. The highest BCUT2D eigenvalue weighted by molar-refractivity contribution is 5.98. The van der Waals surface area contributed by atoms with E-state index in [-0.39, 0.29) is 18.6 Å². The number of ether oxygens (including phenoxy) is 2. The molecule has 0 saturated carbocycles. The van der Waals surface area contributed by atoms with E-state index in [0.717, 1.165) is 22.0 Å². The number of carbonyl (C=O) groups excluding carboxylic acids is 1. The van der Waals surface area contributed by atoms with E-state index in [1.54, 1.807) is 19.2 Å². The molecule has 0 aliphatic carbocycles. The lowest BCUT2D eigenvalue weighted by atomic mass is 9.92. The number of hydrogen-bond acceptors (Lipinski definition) is 4. The summed E-state index contributed by atoms with van der Waals surface area (Å²) in [5, 5.41) is 14.4. The second-order valence-corrected chi connectivity index (χ2v) is 9.54. The zero-order chi connectivity index (χ0) is 26.4. The number of aliphatic hydroxyl groups is 1. The van der Waals surface area contributed by atoms with Crippen LogP contribution in [0, 0.1) is 11.8 Å². The number of amides is 1. The highest BCUT2D eigenvalue weighted by atomic mass is 16.5. The van der Waals surface area contributed by atoms with Gasteiger partial charge in [0.1, 0.15) is 11.5 Å². The maximum atomic E-state index is 13.6. The number of hydrogen-bond donors (Lipinski definition) is 3. The van der Waals surface area contributed by atoms with E-state index >= 15 is 0 Å². The number of methoxy groups -OCH3 is 1. The fourth-order valence-electron chi connectivity index (χ4n) is 4.21. The van der Waals surface area contributed by atoms with E-state index in [4.69, 9.17) is 9.47 Å². The largest absolute Gasteiger partial charge is 0.495 e. The van der Waals surface area contributed by atoms with Crippen LogP contribution in [0.2, 0.25) is 0 Å². The van der Waals surface area contributed by atoms with Crippen LogP contribution < -0.4 is 14.8 Å². The van der Waals surface area contributed by atoms with Crippen molar-refractivity contribution in [3.63, 3.8) is 0 Å². The Morgan fingerprint density at radius 3 is 2.57 bits per heavy atom. The second-order valence-electron chi connectivity index (χ2n) is 9.54. The number of aliphatic hydroxyl groups excluding tert-OH is 1. The number of carbonyl (C=O) groups is 1. The molecule has 1 atom stereocenters.